The first kappa shape index (κ1) is 17.0. The van der Waals surface area contributed by atoms with Gasteiger partial charge in [0.15, 0.2) is 5.69 Å². The van der Waals surface area contributed by atoms with E-state index in [9.17, 15) is 22.8 Å². The van der Waals surface area contributed by atoms with E-state index in [0.29, 0.717) is 24.3 Å². The van der Waals surface area contributed by atoms with Crippen LogP contribution in [0.1, 0.15) is 18.5 Å². The molecule has 0 unspecified atom stereocenters. The monoisotopic (exact) mass is 352 g/mol. The molecule has 2 heterocycles. The lowest BCUT2D eigenvalue weighted by Gasteiger charge is -2.20. The summed E-state index contributed by atoms with van der Waals surface area (Å²) in [6, 6.07) is 7.62. The number of rotatable bonds is 4. The molecule has 9 heteroatoms. The summed E-state index contributed by atoms with van der Waals surface area (Å²) in [6.07, 6.45) is -2.26. The third-order valence-corrected chi connectivity index (χ3v) is 3.78. The van der Waals surface area contributed by atoms with Crippen molar-refractivity contribution in [1.29, 1.82) is 0 Å². The van der Waals surface area contributed by atoms with Gasteiger partial charge in [-0.2, -0.15) is 18.3 Å². The minimum absolute atomic E-state index is 0.0244. The molecule has 0 radical (unpaired) electrons. The van der Waals surface area contributed by atoms with E-state index in [4.69, 9.17) is 0 Å². The van der Waals surface area contributed by atoms with Gasteiger partial charge in [-0.25, -0.2) is 0 Å². The molecular weight excluding hydrogens is 337 g/mol. The van der Waals surface area contributed by atoms with Crippen molar-refractivity contribution in [2.75, 3.05) is 16.8 Å². The average Bonchev–Trinajstić information content (AvgIpc) is 3.16. The number of hydrogen-bond acceptors (Lipinski definition) is 3. The standard InChI is InChI=1S/C16H15F3N4O2/c17-16(18,19)13-7-9-22(21-13)10-14(24)20-11-4-1-2-5-12(11)23-8-3-6-15(23)25/h1-2,4-5,7,9H,3,6,8,10H2,(H,20,24). The number of carbonyl (C=O) groups excluding carboxylic acids is 2. The molecule has 1 aromatic carbocycles. The molecule has 2 aromatic rings. The number of hydrogen-bond donors (Lipinski definition) is 1. The first-order chi connectivity index (χ1) is 11.8. The third-order valence-electron chi connectivity index (χ3n) is 3.78. The second-order valence-electron chi connectivity index (χ2n) is 5.61. The van der Waals surface area contributed by atoms with Gasteiger partial charge in [-0.15, -0.1) is 0 Å². The summed E-state index contributed by atoms with van der Waals surface area (Å²) in [6.45, 7) is 0.207. The van der Waals surface area contributed by atoms with E-state index in [1.54, 1.807) is 29.2 Å². The van der Waals surface area contributed by atoms with Crippen molar-refractivity contribution in [3.63, 3.8) is 0 Å². The lowest BCUT2D eigenvalue weighted by atomic mass is 10.2. The van der Waals surface area contributed by atoms with Crippen LogP contribution < -0.4 is 10.2 Å². The van der Waals surface area contributed by atoms with Gasteiger partial charge in [0, 0.05) is 19.2 Å². The molecule has 2 amide bonds. The van der Waals surface area contributed by atoms with E-state index in [2.05, 4.69) is 10.4 Å². The minimum Gasteiger partial charge on any atom is -0.323 e. The molecule has 1 fully saturated rings. The molecule has 1 N–H and O–H groups in total. The van der Waals surface area contributed by atoms with E-state index < -0.39 is 17.8 Å². The molecule has 0 spiro atoms. The van der Waals surface area contributed by atoms with Crippen LogP contribution in [0.5, 0.6) is 0 Å². The first-order valence-electron chi connectivity index (χ1n) is 7.64. The number of nitrogens with zero attached hydrogens (tertiary/aromatic N) is 3. The summed E-state index contributed by atoms with van der Waals surface area (Å²) in [5.41, 5.74) is -0.0379. The highest BCUT2D eigenvalue weighted by atomic mass is 19.4. The van der Waals surface area contributed by atoms with Gasteiger partial charge in [-0.05, 0) is 24.6 Å². The second-order valence-corrected chi connectivity index (χ2v) is 5.61. The Bertz CT molecular complexity index is 801. The fourth-order valence-corrected chi connectivity index (χ4v) is 2.66. The number of aromatic nitrogens is 2. The summed E-state index contributed by atoms with van der Waals surface area (Å²) in [5.74, 6) is -0.556. The average molecular weight is 352 g/mol. The Kier molecular flexibility index (Phi) is 4.47. The zero-order chi connectivity index (χ0) is 18.0. The smallest absolute Gasteiger partial charge is 0.323 e. The van der Waals surface area contributed by atoms with Crippen LogP contribution in [-0.2, 0) is 22.3 Å². The zero-order valence-corrected chi connectivity index (χ0v) is 13.1. The van der Waals surface area contributed by atoms with Gasteiger partial charge in [0.1, 0.15) is 6.54 Å². The molecule has 0 aliphatic carbocycles. The van der Waals surface area contributed by atoms with Gasteiger partial charge in [0.05, 0.1) is 11.4 Å². The van der Waals surface area contributed by atoms with Crippen molar-refractivity contribution in [2.45, 2.75) is 25.6 Å². The minimum atomic E-state index is -4.55. The largest absolute Gasteiger partial charge is 0.435 e. The van der Waals surface area contributed by atoms with Gasteiger partial charge >= 0.3 is 6.18 Å². The Morgan fingerprint density at radius 1 is 1.24 bits per heavy atom. The summed E-state index contributed by atoms with van der Waals surface area (Å²) in [4.78, 5) is 25.6. The number of carbonyl (C=O) groups is 2. The van der Waals surface area contributed by atoms with Gasteiger partial charge < -0.3 is 10.2 Å². The van der Waals surface area contributed by atoms with Crippen LogP contribution in [0, 0.1) is 0 Å². The fourth-order valence-electron chi connectivity index (χ4n) is 2.66. The molecule has 1 aromatic heterocycles. The van der Waals surface area contributed by atoms with Crippen LogP contribution >= 0.6 is 0 Å². The van der Waals surface area contributed by atoms with Crippen LogP contribution in [0.15, 0.2) is 36.5 Å². The molecule has 3 rings (SSSR count). The zero-order valence-electron chi connectivity index (χ0n) is 13.1. The molecule has 6 nitrogen and oxygen atoms in total. The van der Waals surface area contributed by atoms with Crippen molar-refractivity contribution in [2.24, 2.45) is 0 Å². The lowest BCUT2D eigenvalue weighted by molar-refractivity contribution is -0.141. The van der Waals surface area contributed by atoms with Gasteiger partial charge in [0.2, 0.25) is 11.8 Å². The Hall–Kier alpha value is -2.84. The SMILES string of the molecule is O=C(Cn1ccc(C(F)(F)F)n1)Nc1ccccc1N1CCCC1=O. The third kappa shape index (κ3) is 3.81. The Labute approximate surface area is 141 Å². The number of para-hydroxylation sites is 2. The number of amides is 2. The Balaban J connectivity index is 1.71. The lowest BCUT2D eigenvalue weighted by Crippen LogP contribution is -2.26. The van der Waals surface area contributed by atoms with E-state index in [1.807, 2.05) is 0 Å². The van der Waals surface area contributed by atoms with Crippen LogP contribution in [-0.4, -0.2) is 28.1 Å². The van der Waals surface area contributed by atoms with Crippen molar-refractivity contribution in [1.82, 2.24) is 9.78 Å². The van der Waals surface area contributed by atoms with Crippen LogP contribution in [0.4, 0.5) is 24.5 Å². The molecule has 0 bridgehead atoms. The normalized spacial score (nSPS) is 14.8. The highest BCUT2D eigenvalue weighted by Crippen LogP contribution is 2.29. The number of halogens is 3. The maximum Gasteiger partial charge on any atom is 0.435 e. The van der Waals surface area contributed by atoms with Crippen LogP contribution in [0.25, 0.3) is 0 Å². The molecule has 1 saturated heterocycles. The van der Waals surface area contributed by atoms with E-state index in [1.165, 1.54) is 0 Å². The summed E-state index contributed by atoms with van der Waals surface area (Å²) in [5, 5.41) is 5.97. The Morgan fingerprint density at radius 2 is 2.00 bits per heavy atom. The maximum absolute atomic E-state index is 12.5. The van der Waals surface area contributed by atoms with Crippen molar-refractivity contribution in [3.8, 4) is 0 Å². The van der Waals surface area contributed by atoms with Gasteiger partial charge in [-0.3, -0.25) is 14.3 Å². The molecule has 1 aliphatic rings. The highest BCUT2D eigenvalue weighted by Gasteiger charge is 2.33. The van der Waals surface area contributed by atoms with Gasteiger partial charge in [-0.1, -0.05) is 12.1 Å². The number of benzene rings is 1. The quantitative estimate of drug-likeness (QED) is 0.920. The number of nitrogens with one attached hydrogen (secondary N) is 1. The molecular formula is C16H15F3N4O2. The summed E-state index contributed by atoms with van der Waals surface area (Å²) >= 11 is 0. The predicted molar refractivity (Wildman–Crippen MR) is 83.9 cm³/mol. The van der Waals surface area contributed by atoms with Crippen molar-refractivity contribution >= 4 is 23.2 Å². The van der Waals surface area contributed by atoms with Crippen molar-refractivity contribution in [3.05, 3.63) is 42.2 Å². The van der Waals surface area contributed by atoms with E-state index >= 15 is 0 Å². The number of alkyl halides is 3. The molecule has 0 saturated carbocycles. The fraction of sp³-hybridized carbons (Fsp3) is 0.312. The number of anilines is 2. The molecule has 25 heavy (non-hydrogen) atoms. The summed E-state index contributed by atoms with van der Waals surface area (Å²) < 4.78 is 38.5. The van der Waals surface area contributed by atoms with Crippen LogP contribution in [0.3, 0.4) is 0 Å². The first-order valence-corrected chi connectivity index (χ1v) is 7.64. The van der Waals surface area contributed by atoms with E-state index in [0.717, 1.165) is 23.4 Å². The predicted octanol–water partition coefficient (Wildman–Crippen LogP) is 2.67. The van der Waals surface area contributed by atoms with Crippen molar-refractivity contribution < 1.29 is 22.8 Å². The van der Waals surface area contributed by atoms with Gasteiger partial charge in [0.25, 0.3) is 0 Å². The highest BCUT2D eigenvalue weighted by molar-refractivity contribution is 6.01. The maximum atomic E-state index is 12.5. The molecule has 0 atom stereocenters. The van der Waals surface area contributed by atoms with E-state index in [-0.39, 0.29) is 12.5 Å². The van der Waals surface area contributed by atoms with Crippen LogP contribution in [0.2, 0.25) is 0 Å². The Morgan fingerprint density at radius 3 is 2.64 bits per heavy atom. The molecule has 132 valence electrons. The summed E-state index contributed by atoms with van der Waals surface area (Å²) in [7, 11) is 0. The second kappa shape index (κ2) is 6.58. The molecule has 1 aliphatic heterocycles. The topological polar surface area (TPSA) is 67.2 Å².